The predicted molar refractivity (Wildman–Crippen MR) is 115 cm³/mol. The van der Waals surface area contributed by atoms with Crippen LogP contribution in [0.4, 0.5) is 5.69 Å². The van der Waals surface area contributed by atoms with E-state index in [1.54, 1.807) is 24.3 Å². The minimum atomic E-state index is -0.379. The second-order valence-electron chi connectivity index (χ2n) is 6.97. The Balaban J connectivity index is 1.80. The lowest BCUT2D eigenvalue weighted by atomic mass is 9.85. The molecule has 0 spiro atoms. The Kier molecular flexibility index (Phi) is 4.10. The Morgan fingerprint density at radius 1 is 0.759 bits per heavy atom. The predicted octanol–water partition coefficient (Wildman–Crippen LogP) is 6.10. The fourth-order valence-electron chi connectivity index (χ4n) is 3.95. The van der Waals surface area contributed by atoms with E-state index in [-0.39, 0.29) is 10.6 Å². The van der Waals surface area contributed by atoms with E-state index in [4.69, 9.17) is 4.74 Å². The summed E-state index contributed by atoms with van der Waals surface area (Å²) < 4.78 is 6.04. The number of nitro groups is 1. The number of ether oxygens (including phenoxy) is 1. The number of non-ortho nitro benzene ring substituents is 1. The fraction of sp³-hybridized carbons (Fsp3) is 0.0400. The first-order valence-electron chi connectivity index (χ1n) is 9.41. The molecule has 1 heterocycles. The molecule has 0 saturated carbocycles. The molecule has 140 valence electrons. The number of hydrogen-bond donors (Lipinski definition) is 0. The van der Waals surface area contributed by atoms with Gasteiger partial charge in [-0.05, 0) is 40.1 Å². The molecule has 1 aliphatic heterocycles. The lowest BCUT2D eigenvalue weighted by Gasteiger charge is -2.25. The van der Waals surface area contributed by atoms with E-state index in [0.29, 0.717) is 6.61 Å². The molecule has 0 atom stereocenters. The fourth-order valence-corrected chi connectivity index (χ4v) is 3.95. The summed E-state index contributed by atoms with van der Waals surface area (Å²) in [5.74, 6) is 0.848. The molecular weight excluding hydrogens is 362 g/mol. The van der Waals surface area contributed by atoms with Crippen molar-refractivity contribution in [3.05, 3.63) is 118 Å². The second-order valence-corrected chi connectivity index (χ2v) is 6.97. The van der Waals surface area contributed by atoms with Gasteiger partial charge >= 0.3 is 0 Å². The largest absolute Gasteiger partial charge is 0.488 e. The van der Waals surface area contributed by atoms with Gasteiger partial charge in [0.1, 0.15) is 12.4 Å². The zero-order valence-corrected chi connectivity index (χ0v) is 15.5. The van der Waals surface area contributed by atoms with Gasteiger partial charge in [-0.25, -0.2) is 0 Å². The molecular formula is C25H17NO3. The summed E-state index contributed by atoms with van der Waals surface area (Å²) in [7, 11) is 0. The number of benzene rings is 4. The van der Waals surface area contributed by atoms with Gasteiger partial charge in [-0.1, -0.05) is 60.7 Å². The molecule has 1 aliphatic rings. The normalized spacial score (nSPS) is 13.1. The maximum atomic E-state index is 11.1. The minimum Gasteiger partial charge on any atom is -0.488 e. The van der Waals surface area contributed by atoms with E-state index in [1.807, 2.05) is 30.3 Å². The first kappa shape index (κ1) is 17.2. The number of nitrogens with zero attached hydrogens (tertiary/aromatic N) is 1. The highest BCUT2D eigenvalue weighted by atomic mass is 16.6. The first-order chi connectivity index (χ1) is 14.2. The summed E-state index contributed by atoms with van der Waals surface area (Å²) in [5, 5.41) is 13.4. The molecule has 0 bridgehead atoms. The number of para-hydroxylation sites is 1. The highest BCUT2D eigenvalue weighted by Crippen LogP contribution is 2.43. The van der Waals surface area contributed by atoms with Crippen molar-refractivity contribution in [2.24, 2.45) is 0 Å². The molecule has 4 heteroatoms. The van der Waals surface area contributed by atoms with Gasteiger partial charge in [-0.3, -0.25) is 10.1 Å². The van der Waals surface area contributed by atoms with Gasteiger partial charge in [0.15, 0.2) is 0 Å². The molecule has 0 saturated heterocycles. The Labute approximate surface area is 167 Å². The zero-order chi connectivity index (χ0) is 19.8. The maximum Gasteiger partial charge on any atom is 0.269 e. The molecule has 0 amide bonds. The number of hydrogen-bond acceptors (Lipinski definition) is 3. The summed E-state index contributed by atoms with van der Waals surface area (Å²) >= 11 is 0. The van der Waals surface area contributed by atoms with Crippen molar-refractivity contribution >= 4 is 27.6 Å². The molecule has 0 aliphatic carbocycles. The summed E-state index contributed by atoms with van der Waals surface area (Å²) in [6, 6.07) is 29.3. The SMILES string of the molecule is O=[N+]([O-])c1ccc(C2=C(c3cccc4ccccc34)c3ccccc3OC2)cc1. The quantitative estimate of drug-likeness (QED) is 0.319. The van der Waals surface area contributed by atoms with Crippen LogP contribution in [0.25, 0.3) is 21.9 Å². The summed E-state index contributed by atoms with van der Waals surface area (Å²) in [6.07, 6.45) is 0. The Morgan fingerprint density at radius 2 is 1.45 bits per heavy atom. The highest BCUT2D eigenvalue weighted by molar-refractivity contribution is 6.08. The van der Waals surface area contributed by atoms with Crippen molar-refractivity contribution in [2.45, 2.75) is 0 Å². The van der Waals surface area contributed by atoms with Crippen molar-refractivity contribution in [2.75, 3.05) is 6.61 Å². The Bertz CT molecular complexity index is 1270. The van der Waals surface area contributed by atoms with Gasteiger partial charge in [0.05, 0.1) is 4.92 Å². The van der Waals surface area contributed by atoms with Crippen LogP contribution in [0.15, 0.2) is 91.0 Å². The second kappa shape index (κ2) is 6.91. The van der Waals surface area contributed by atoms with E-state index in [1.165, 1.54) is 10.8 Å². The van der Waals surface area contributed by atoms with Gasteiger partial charge in [0.25, 0.3) is 5.69 Å². The van der Waals surface area contributed by atoms with Crippen LogP contribution in [0.5, 0.6) is 5.75 Å². The Hall–Kier alpha value is -3.92. The standard InChI is InChI=1S/C25H17NO3/c27-26(28)19-14-12-18(13-15-19)23-16-29-24-11-4-3-9-22(24)25(23)21-10-5-7-17-6-1-2-8-20(17)21/h1-15H,16H2. The number of nitro benzene ring substituents is 1. The van der Waals surface area contributed by atoms with Gasteiger partial charge in [0, 0.05) is 28.8 Å². The molecule has 0 N–H and O–H groups in total. The first-order valence-corrected chi connectivity index (χ1v) is 9.41. The van der Waals surface area contributed by atoms with Crippen LogP contribution >= 0.6 is 0 Å². The van der Waals surface area contributed by atoms with E-state index in [9.17, 15) is 10.1 Å². The molecule has 29 heavy (non-hydrogen) atoms. The van der Waals surface area contributed by atoms with E-state index < -0.39 is 0 Å². The third-order valence-electron chi connectivity index (χ3n) is 5.32. The Morgan fingerprint density at radius 3 is 2.28 bits per heavy atom. The van der Waals surface area contributed by atoms with E-state index in [0.717, 1.165) is 33.6 Å². The van der Waals surface area contributed by atoms with Gasteiger partial charge in [-0.2, -0.15) is 0 Å². The van der Waals surface area contributed by atoms with E-state index in [2.05, 4.69) is 36.4 Å². The molecule has 0 aromatic heterocycles. The average molecular weight is 379 g/mol. The molecule has 0 radical (unpaired) electrons. The van der Waals surface area contributed by atoms with Crippen LogP contribution in [0, 0.1) is 10.1 Å². The van der Waals surface area contributed by atoms with Crippen LogP contribution in [-0.4, -0.2) is 11.5 Å². The summed E-state index contributed by atoms with van der Waals surface area (Å²) in [5.41, 5.74) is 5.30. The number of fused-ring (bicyclic) bond motifs is 2. The van der Waals surface area contributed by atoms with Crippen LogP contribution in [0.1, 0.15) is 16.7 Å². The van der Waals surface area contributed by atoms with Crippen molar-refractivity contribution in [3.63, 3.8) is 0 Å². The smallest absolute Gasteiger partial charge is 0.269 e. The number of rotatable bonds is 3. The lowest BCUT2D eigenvalue weighted by Crippen LogP contribution is -2.11. The molecule has 5 rings (SSSR count). The average Bonchev–Trinajstić information content (AvgIpc) is 2.78. The monoisotopic (exact) mass is 379 g/mol. The molecule has 0 fully saturated rings. The van der Waals surface area contributed by atoms with Crippen LogP contribution < -0.4 is 4.74 Å². The zero-order valence-electron chi connectivity index (χ0n) is 15.5. The molecule has 4 nitrogen and oxygen atoms in total. The van der Waals surface area contributed by atoms with Crippen LogP contribution in [0.2, 0.25) is 0 Å². The third kappa shape index (κ3) is 2.95. The minimum absolute atomic E-state index is 0.0817. The third-order valence-corrected chi connectivity index (χ3v) is 5.32. The molecule has 4 aromatic carbocycles. The molecule has 0 unspecified atom stereocenters. The van der Waals surface area contributed by atoms with Crippen molar-refractivity contribution in [1.82, 2.24) is 0 Å². The van der Waals surface area contributed by atoms with Crippen molar-refractivity contribution < 1.29 is 9.66 Å². The van der Waals surface area contributed by atoms with Gasteiger partial charge in [-0.15, -0.1) is 0 Å². The summed E-state index contributed by atoms with van der Waals surface area (Å²) in [4.78, 5) is 10.7. The van der Waals surface area contributed by atoms with E-state index >= 15 is 0 Å². The van der Waals surface area contributed by atoms with Gasteiger partial charge in [0.2, 0.25) is 0 Å². The maximum absolute atomic E-state index is 11.1. The summed E-state index contributed by atoms with van der Waals surface area (Å²) in [6.45, 7) is 0.410. The van der Waals surface area contributed by atoms with Crippen molar-refractivity contribution in [3.8, 4) is 5.75 Å². The topological polar surface area (TPSA) is 52.4 Å². The van der Waals surface area contributed by atoms with Crippen LogP contribution in [0.3, 0.4) is 0 Å². The van der Waals surface area contributed by atoms with Crippen LogP contribution in [-0.2, 0) is 0 Å². The lowest BCUT2D eigenvalue weighted by molar-refractivity contribution is -0.384. The van der Waals surface area contributed by atoms with Crippen molar-refractivity contribution in [1.29, 1.82) is 0 Å². The van der Waals surface area contributed by atoms with Gasteiger partial charge < -0.3 is 4.74 Å². The highest BCUT2D eigenvalue weighted by Gasteiger charge is 2.24. The molecule has 4 aromatic rings.